The number of H-pyrrole nitrogens is 1. The number of carbonyl (C=O) groups is 1. The monoisotopic (exact) mass is 447 g/mol. The summed E-state index contributed by atoms with van der Waals surface area (Å²) in [6.45, 7) is 0.387. The Balaban J connectivity index is 1.41. The molecule has 6 rings (SSSR count). The van der Waals surface area contributed by atoms with E-state index in [4.69, 9.17) is 4.42 Å². The lowest BCUT2D eigenvalue weighted by Gasteiger charge is -2.32. The van der Waals surface area contributed by atoms with Crippen molar-refractivity contribution in [2.24, 2.45) is 0 Å². The summed E-state index contributed by atoms with van der Waals surface area (Å²) in [6.07, 6.45) is 3.77. The van der Waals surface area contributed by atoms with Crippen molar-refractivity contribution < 1.29 is 13.6 Å². The van der Waals surface area contributed by atoms with Crippen LogP contribution in [0.25, 0.3) is 21.8 Å². The maximum atomic E-state index is 14.3. The zero-order valence-corrected chi connectivity index (χ0v) is 17.2. The van der Waals surface area contributed by atoms with Crippen LogP contribution in [0.3, 0.4) is 0 Å². The van der Waals surface area contributed by atoms with E-state index in [1.165, 1.54) is 17.4 Å². The average Bonchev–Trinajstić information content (AvgIpc) is 3.58. The Hall–Kier alpha value is -3.99. The van der Waals surface area contributed by atoms with Gasteiger partial charge in [-0.05, 0) is 24.3 Å². The number of imidazole rings is 1. The van der Waals surface area contributed by atoms with Gasteiger partial charge in [-0.15, -0.1) is 21.5 Å². The highest BCUT2D eigenvalue weighted by atomic mass is 32.1. The van der Waals surface area contributed by atoms with Crippen molar-refractivity contribution in [1.29, 1.82) is 0 Å². The number of hydrogen-bond donors (Lipinski definition) is 1. The highest BCUT2D eigenvalue weighted by molar-refractivity contribution is 7.18. The van der Waals surface area contributed by atoms with Gasteiger partial charge in [-0.2, -0.15) is 0 Å². The number of rotatable bonds is 3. The van der Waals surface area contributed by atoms with Crippen LogP contribution in [0.15, 0.2) is 53.3 Å². The van der Waals surface area contributed by atoms with Crippen LogP contribution in [0.4, 0.5) is 4.39 Å². The van der Waals surface area contributed by atoms with Crippen molar-refractivity contribution in [1.82, 2.24) is 35.0 Å². The summed E-state index contributed by atoms with van der Waals surface area (Å²) in [6, 6.07) is 9.44. The van der Waals surface area contributed by atoms with E-state index in [2.05, 4.69) is 30.1 Å². The van der Waals surface area contributed by atoms with Gasteiger partial charge in [-0.25, -0.2) is 14.4 Å². The van der Waals surface area contributed by atoms with Crippen LogP contribution < -0.4 is 0 Å². The Bertz CT molecular complexity index is 1440. The highest BCUT2D eigenvalue weighted by Gasteiger charge is 2.38. The van der Waals surface area contributed by atoms with Crippen molar-refractivity contribution in [3.8, 4) is 11.6 Å². The van der Waals surface area contributed by atoms with Gasteiger partial charge < -0.3 is 14.3 Å². The zero-order valence-electron chi connectivity index (χ0n) is 16.4. The van der Waals surface area contributed by atoms with Crippen molar-refractivity contribution in [2.45, 2.75) is 12.5 Å². The molecule has 0 unspecified atom stereocenters. The van der Waals surface area contributed by atoms with E-state index in [1.54, 1.807) is 47.8 Å². The first kappa shape index (κ1) is 18.8. The molecule has 0 spiro atoms. The van der Waals surface area contributed by atoms with Gasteiger partial charge in [0, 0.05) is 24.9 Å². The first-order valence-corrected chi connectivity index (χ1v) is 10.6. The van der Waals surface area contributed by atoms with Crippen LogP contribution in [0.5, 0.6) is 0 Å². The molecule has 0 saturated heterocycles. The fourth-order valence-corrected chi connectivity index (χ4v) is 4.91. The maximum Gasteiger partial charge on any atom is 0.312 e. The quantitative estimate of drug-likeness (QED) is 0.451. The minimum absolute atomic E-state index is 0.151. The molecule has 0 saturated carbocycles. The topological polar surface area (TPSA) is 114 Å². The van der Waals surface area contributed by atoms with Crippen LogP contribution in [-0.4, -0.2) is 47.5 Å². The Morgan fingerprint density at radius 3 is 2.97 bits per heavy atom. The molecule has 4 aromatic heterocycles. The van der Waals surface area contributed by atoms with Gasteiger partial charge in [0.25, 0.3) is 5.89 Å². The lowest BCUT2D eigenvalue weighted by Crippen LogP contribution is -2.41. The summed E-state index contributed by atoms with van der Waals surface area (Å²) in [5, 5.41) is 8.48. The number of carbonyl (C=O) groups excluding carboxylic acids is 1. The molecule has 9 nitrogen and oxygen atoms in total. The molecule has 158 valence electrons. The van der Waals surface area contributed by atoms with Gasteiger partial charge in [0.1, 0.15) is 22.6 Å². The van der Waals surface area contributed by atoms with Crippen molar-refractivity contribution in [3.63, 3.8) is 0 Å². The molecule has 0 aliphatic carbocycles. The number of aromatic nitrogens is 6. The summed E-state index contributed by atoms with van der Waals surface area (Å²) in [5.41, 5.74) is 2.60. The number of fused-ring (bicyclic) bond motifs is 2. The predicted molar refractivity (Wildman–Crippen MR) is 112 cm³/mol. The third kappa shape index (κ3) is 2.97. The number of benzene rings is 1. The van der Waals surface area contributed by atoms with Crippen molar-refractivity contribution >= 4 is 27.5 Å². The first-order valence-electron chi connectivity index (χ1n) is 9.82. The smallest absolute Gasteiger partial charge is 0.312 e. The number of nitrogens with zero attached hydrogens (tertiary/aromatic N) is 6. The number of nitrogens with one attached hydrogen (secondary N) is 1. The zero-order chi connectivity index (χ0) is 21.7. The summed E-state index contributed by atoms with van der Waals surface area (Å²) >= 11 is 1.21. The molecule has 1 amide bonds. The Morgan fingerprint density at radius 1 is 1.19 bits per heavy atom. The van der Waals surface area contributed by atoms with E-state index in [0.717, 1.165) is 5.69 Å². The Morgan fingerprint density at radius 2 is 2.12 bits per heavy atom. The first-order chi connectivity index (χ1) is 15.7. The van der Waals surface area contributed by atoms with Crippen LogP contribution in [0, 0.1) is 5.82 Å². The molecule has 5 aromatic rings. The largest absolute Gasteiger partial charge is 0.411 e. The Kier molecular flexibility index (Phi) is 4.28. The van der Waals surface area contributed by atoms with Crippen molar-refractivity contribution in [2.75, 3.05) is 6.54 Å². The minimum Gasteiger partial charge on any atom is -0.411 e. The molecule has 1 atom stereocenters. The molecule has 0 radical (unpaired) electrons. The van der Waals surface area contributed by atoms with Gasteiger partial charge in [0.15, 0.2) is 0 Å². The molecule has 32 heavy (non-hydrogen) atoms. The summed E-state index contributed by atoms with van der Waals surface area (Å²) in [7, 11) is 0. The molecule has 1 N–H and O–H groups in total. The third-order valence-corrected chi connectivity index (χ3v) is 6.43. The fourth-order valence-electron chi connectivity index (χ4n) is 3.82. The van der Waals surface area contributed by atoms with E-state index in [0.29, 0.717) is 39.6 Å². The second kappa shape index (κ2) is 7.31. The molecule has 0 bridgehead atoms. The van der Waals surface area contributed by atoms with E-state index in [-0.39, 0.29) is 17.6 Å². The van der Waals surface area contributed by atoms with E-state index in [9.17, 15) is 9.18 Å². The van der Waals surface area contributed by atoms with Crippen LogP contribution >= 0.6 is 11.3 Å². The van der Waals surface area contributed by atoms with Gasteiger partial charge in [-0.3, -0.25) is 9.78 Å². The number of halogens is 1. The average molecular weight is 447 g/mol. The molecular weight excluding hydrogens is 433 g/mol. The number of aromatic amines is 1. The Labute approximate surface area is 184 Å². The van der Waals surface area contributed by atoms with E-state index in [1.807, 2.05) is 0 Å². The number of amides is 1. The van der Waals surface area contributed by atoms with Crippen LogP contribution in [-0.2, 0) is 6.42 Å². The second-order valence-electron chi connectivity index (χ2n) is 7.18. The standard InChI is InChI=1S/C21H14FN7O2S/c22-11-4-3-6-13-17(11)32-20(26-13)16-15-12(24-10-25-15)7-9-29(16)21(30)19-28-27-18(31-19)14-5-1-2-8-23-14/h1-6,8,10,16H,7,9H2,(H,24,25)/t16-/m0/s1. The van der Waals surface area contributed by atoms with E-state index < -0.39 is 11.9 Å². The summed E-state index contributed by atoms with van der Waals surface area (Å²) in [5.74, 6) is -0.788. The SMILES string of the molecule is O=C(c1nnc(-c2ccccn2)o1)N1CCc2[nH]cnc2[C@H]1c1nc2cccc(F)c2s1. The van der Waals surface area contributed by atoms with Crippen LogP contribution in [0.2, 0.25) is 0 Å². The second-order valence-corrected chi connectivity index (χ2v) is 8.22. The number of pyridine rings is 1. The lowest BCUT2D eigenvalue weighted by molar-refractivity contribution is 0.0650. The van der Waals surface area contributed by atoms with Gasteiger partial charge in [0.05, 0.1) is 22.2 Å². The molecule has 1 aliphatic rings. The molecule has 5 heterocycles. The lowest BCUT2D eigenvalue weighted by atomic mass is 10.0. The van der Waals surface area contributed by atoms with Gasteiger partial charge in [0.2, 0.25) is 0 Å². The summed E-state index contributed by atoms with van der Waals surface area (Å²) < 4.78 is 20.4. The van der Waals surface area contributed by atoms with Crippen LogP contribution in [0.1, 0.15) is 33.1 Å². The molecule has 11 heteroatoms. The number of thiazole rings is 1. The molecule has 1 aromatic carbocycles. The highest BCUT2D eigenvalue weighted by Crippen LogP contribution is 2.38. The number of hydrogen-bond acceptors (Lipinski definition) is 8. The predicted octanol–water partition coefficient (Wildman–Crippen LogP) is 3.39. The molecular formula is C21H14FN7O2S. The maximum absolute atomic E-state index is 14.3. The molecule has 0 fully saturated rings. The van der Waals surface area contributed by atoms with E-state index >= 15 is 0 Å². The van der Waals surface area contributed by atoms with Gasteiger partial charge in [-0.1, -0.05) is 12.1 Å². The normalized spacial score (nSPS) is 15.8. The third-order valence-electron chi connectivity index (χ3n) is 5.30. The van der Waals surface area contributed by atoms with Gasteiger partial charge >= 0.3 is 11.8 Å². The fraction of sp³-hybridized carbons (Fsp3) is 0.143. The summed E-state index contributed by atoms with van der Waals surface area (Å²) in [4.78, 5) is 31.3. The minimum atomic E-state index is -0.598. The van der Waals surface area contributed by atoms with Crippen molar-refractivity contribution in [3.05, 3.63) is 77.0 Å². The molecule has 1 aliphatic heterocycles.